The molecule has 3 fully saturated rings. The van der Waals surface area contributed by atoms with E-state index in [4.69, 9.17) is 34.6 Å². The fourth-order valence-electron chi connectivity index (χ4n) is 8.01. The number of nitrogens with zero attached hydrogens (tertiary/aromatic N) is 3. The lowest BCUT2D eigenvalue weighted by molar-refractivity contribution is -0.150. The lowest BCUT2D eigenvalue weighted by Crippen LogP contribution is -2.50. The second-order valence-corrected chi connectivity index (χ2v) is 17.4. The summed E-state index contributed by atoms with van der Waals surface area (Å²) in [4.78, 5) is 63.8. The van der Waals surface area contributed by atoms with Crippen molar-refractivity contribution in [1.29, 1.82) is 0 Å². The third-order valence-electron chi connectivity index (χ3n) is 12.0. The van der Waals surface area contributed by atoms with Crippen LogP contribution in [-0.4, -0.2) is 89.7 Å². The van der Waals surface area contributed by atoms with Gasteiger partial charge >= 0.3 is 11.9 Å². The van der Waals surface area contributed by atoms with Gasteiger partial charge in [0.2, 0.25) is 11.8 Å². The number of methoxy groups -OCH3 is 1. The zero-order valence-electron chi connectivity index (χ0n) is 36.8. The first-order valence-corrected chi connectivity index (χ1v) is 22.2. The number of carbonyl (C=O) groups is 4. The lowest BCUT2D eigenvalue weighted by atomic mass is 9.93. The molecule has 61 heavy (non-hydrogen) atoms. The van der Waals surface area contributed by atoms with E-state index in [9.17, 15) is 19.2 Å². The number of nitrogens with two attached hydrogens (primary N) is 1. The van der Waals surface area contributed by atoms with Crippen molar-refractivity contribution in [2.75, 3.05) is 33.9 Å². The quantitative estimate of drug-likeness (QED) is 0.0696. The zero-order valence-corrected chi connectivity index (χ0v) is 37.6. The Bertz CT molecular complexity index is 2120. The number of hydrogen-bond donors (Lipinski definition) is 2. The average Bonchev–Trinajstić information content (AvgIpc) is 3.96. The molecule has 330 valence electrons. The topological polar surface area (TPSA) is 172 Å². The lowest BCUT2D eigenvalue weighted by Gasteiger charge is -2.26. The summed E-state index contributed by atoms with van der Waals surface area (Å²) >= 11 is 1.53. The zero-order chi connectivity index (χ0) is 44.6. The summed E-state index contributed by atoms with van der Waals surface area (Å²) in [6.45, 7) is 22.1. The number of thiazole rings is 1. The molecular formula is C47H63N5O8S. The number of rotatable bonds is 19. The molecule has 13 nitrogen and oxygen atoms in total. The van der Waals surface area contributed by atoms with E-state index in [1.165, 1.54) is 11.3 Å². The minimum atomic E-state index is -1.16. The number of benzene rings is 1. The van der Waals surface area contributed by atoms with E-state index in [2.05, 4.69) is 44.3 Å². The predicted octanol–water partition coefficient (Wildman–Crippen LogP) is 7.46. The summed E-state index contributed by atoms with van der Waals surface area (Å²) < 4.78 is 22.5. The Morgan fingerprint density at radius 3 is 2.26 bits per heavy atom. The van der Waals surface area contributed by atoms with Gasteiger partial charge in [0.1, 0.15) is 39.4 Å². The summed E-state index contributed by atoms with van der Waals surface area (Å²) in [5.41, 5.74) is 7.05. The van der Waals surface area contributed by atoms with Crippen LogP contribution in [0, 0.1) is 30.6 Å². The second-order valence-electron chi connectivity index (χ2n) is 16.5. The van der Waals surface area contributed by atoms with Crippen LogP contribution in [0.2, 0.25) is 0 Å². The second kappa shape index (κ2) is 20.2. The number of allylic oxidation sites excluding steroid dienone is 1. The van der Waals surface area contributed by atoms with Crippen LogP contribution >= 0.6 is 11.3 Å². The number of fused-ring (bicyclic) bond motifs is 1. The predicted molar refractivity (Wildman–Crippen MR) is 238 cm³/mol. The molecule has 6 rings (SSSR count). The van der Waals surface area contributed by atoms with Gasteiger partial charge in [-0.25, -0.2) is 14.8 Å². The third-order valence-corrected chi connectivity index (χ3v) is 12.9. The molecule has 0 bridgehead atoms. The Kier molecular flexibility index (Phi) is 15.6. The smallest absolute Gasteiger partial charge is 0.332 e. The van der Waals surface area contributed by atoms with Crippen LogP contribution in [0.15, 0.2) is 61.5 Å². The number of unbranched alkanes of at least 4 members (excludes halogenated alkanes) is 2. The van der Waals surface area contributed by atoms with Gasteiger partial charge in [-0.1, -0.05) is 32.1 Å². The van der Waals surface area contributed by atoms with Crippen molar-refractivity contribution in [3.8, 4) is 22.2 Å². The molecule has 7 atom stereocenters. The highest BCUT2D eigenvalue weighted by atomic mass is 32.1. The minimum Gasteiger partial charge on any atom is -0.496 e. The summed E-state index contributed by atoms with van der Waals surface area (Å²) in [6.07, 6.45) is 9.16. The van der Waals surface area contributed by atoms with Crippen molar-refractivity contribution in [2.24, 2.45) is 29.4 Å². The van der Waals surface area contributed by atoms with Gasteiger partial charge in [-0.15, -0.1) is 31.1 Å². The molecule has 2 aromatic heterocycles. The van der Waals surface area contributed by atoms with Crippen LogP contribution < -0.4 is 20.5 Å². The number of hydrogen-bond acceptors (Lipinski definition) is 12. The van der Waals surface area contributed by atoms with Gasteiger partial charge < -0.3 is 34.9 Å². The van der Waals surface area contributed by atoms with Crippen molar-refractivity contribution in [1.82, 2.24) is 20.2 Å². The van der Waals surface area contributed by atoms with E-state index in [-0.39, 0.29) is 42.1 Å². The van der Waals surface area contributed by atoms with Crippen LogP contribution in [0.5, 0.6) is 11.5 Å². The van der Waals surface area contributed by atoms with Crippen molar-refractivity contribution < 1.29 is 38.1 Å². The van der Waals surface area contributed by atoms with Crippen molar-refractivity contribution in [3.05, 3.63) is 72.8 Å². The molecule has 0 aliphatic heterocycles. The Hall–Kier alpha value is -5.08. The Morgan fingerprint density at radius 1 is 0.984 bits per heavy atom. The molecular weight excluding hydrogens is 795 g/mol. The monoisotopic (exact) mass is 857 g/mol. The SMILES string of the molecule is C=CCCCCN(C)C(=O)[C@@H]1C[C@H](Oc2cc(-c3nc(C(C)C)cs3)nc3c(C)c(OC)ccc23)C[C@H]1C(=O)N[C@]1(C(=O)OCC)C[C@H]1C=C.C=C[C@@H]1C[C@]1(N)C(=O)OCC. The number of nitrogens with one attached hydrogen (secondary N) is 1. The van der Waals surface area contributed by atoms with Crippen molar-refractivity contribution in [2.45, 2.75) is 103 Å². The van der Waals surface area contributed by atoms with Gasteiger partial charge in [0, 0.05) is 47.8 Å². The minimum absolute atomic E-state index is 0.110. The maximum absolute atomic E-state index is 14.1. The molecule has 0 saturated heterocycles. The fourth-order valence-corrected chi connectivity index (χ4v) is 8.95. The molecule has 2 heterocycles. The van der Waals surface area contributed by atoms with E-state index >= 15 is 0 Å². The van der Waals surface area contributed by atoms with E-state index in [1.807, 2.05) is 31.2 Å². The van der Waals surface area contributed by atoms with Gasteiger partial charge in [-0.3, -0.25) is 14.4 Å². The van der Waals surface area contributed by atoms with Crippen LogP contribution in [0.1, 0.15) is 89.8 Å². The largest absolute Gasteiger partial charge is 0.496 e. The molecule has 14 heteroatoms. The molecule has 0 radical (unpaired) electrons. The van der Waals surface area contributed by atoms with E-state index in [0.29, 0.717) is 56.0 Å². The molecule has 3 saturated carbocycles. The molecule has 3 aliphatic rings. The van der Waals surface area contributed by atoms with Gasteiger partial charge in [0.25, 0.3) is 0 Å². The van der Waals surface area contributed by atoms with Gasteiger partial charge in [0.15, 0.2) is 0 Å². The molecule has 0 unspecified atom stereocenters. The number of ether oxygens (including phenoxy) is 4. The molecule has 3 aromatic rings. The Morgan fingerprint density at radius 2 is 1.67 bits per heavy atom. The van der Waals surface area contributed by atoms with Crippen molar-refractivity contribution >= 4 is 46.0 Å². The molecule has 0 spiro atoms. The first-order valence-electron chi connectivity index (χ1n) is 21.3. The highest BCUT2D eigenvalue weighted by molar-refractivity contribution is 7.13. The molecule has 3 aliphatic carbocycles. The van der Waals surface area contributed by atoms with Crippen LogP contribution in [0.4, 0.5) is 0 Å². The summed E-state index contributed by atoms with van der Waals surface area (Å²) in [7, 11) is 3.42. The normalized spacial score (nSPS) is 24.8. The van der Waals surface area contributed by atoms with E-state index in [0.717, 1.165) is 46.4 Å². The number of aromatic nitrogens is 2. The third kappa shape index (κ3) is 10.3. The number of pyridine rings is 1. The summed E-state index contributed by atoms with van der Waals surface area (Å²) in [5, 5.41) is 6.63. The molecule has 2 amide bonds. The fraction of sp³-hybridized carbons (Fsp3) is 0.532. The molecule has 3 N–H and O–H groups in total. The van der Waals surface area contributed by atoms with Gasteiger partial charge in [-0.2, -0.15) is 0 Å². The molecule has 1 aromatic carbocycles. The van der Waals surface area contributed by atoms with Crippen LogP contribution in [0.3, 0.4) is 0 Å². The number of amides is 2. The van der Waals surface area contributed by atoms with Crippen LogP contribution in [0.25, 0.3) is 21.6 Å². The summed E-state index contributed by atoms with van der Waals surface area (Å²) in [5.74, 6) is -1.11. The first kappa shape index (κ1) is 47.0. The summed E-state index contributed by atoms with van der Waals surface area (Å²) in [6, 6.07) is 5.73. The maximum Gasteiger partial charge on any atom is 0.332 e. The van der Waals surface area contributed by atoms with Gasteiger partial charge in [0.05, 0.1) is 43.4 Å². The van der Waals surface area contributed by atoms with E-state index < -0.39 is 35.0 Å². The average molecular weight is 858 g/mol. The number of carbonyl (C=O) groups excluding carboxylic acids is 4. The number of esters is 2. The van der Waals surface area contributed by atoms with Crippen LogP contribution in [-0.2, 0) is 28.7 Å². The highest BCUT2D eigenvalue weighted by Crippen LogP contribution is 2.47. The highest BCUT2D eigenvalue weighted by Gasteiger charge is 2.62. The van der Waals surface area contributed by atoms with Gasteiger partial charge in [-0.05, 0) is 83.8 Å². The standard InChI is InChI=1S/C39H50N4O6S.C8H13NO2/c1-9-12-13-14-17-43(7)37(45)29-19-26(18-28(29)35(44)42-39(21-25(39)10-2)38(46)48-11-3)49-33-20-30(36-41-31(22-50-36)23(4)5)40-34-24(6)32(47-8)16-15-27(33)34;1-3-6-5-8(6,9)7(10)11-4-2/h9-10,15-16,20,22-23,25-26,28-29H,1-2,11-14,17-19,21H2,3-8H3,(H,42,44);3,6H,1,4-5,9H2,2H3/t25-,26-,28-,29-,39-;6-,8-/m11/s1. The maximum atomic E-state index is 14.1. The first-order chi connectivity index (χ1) is 29.1. The number of aryl methyl sites for hydroxylation is 1. The Labute approximate surface area is 364 Å². The Balaban J connectivity index is 0.000000556. The van der Waals surface area contributed by atoms with E-state index in [1.54, 1.807) is 45.1 Å². The van der Waals surface area contributed by atoms with Crippen molar-refractivity contribution in [3.63, 3.8) is 0 Å².